The molecule has 3 aromatic rings. The molecule has 0 saturated carbocycles. The van der Waals surface area contributed by atoms with Gasteiger partial charge in [0.15, 0.2) is 5.82 Å². The molecule has 0 bridgehead atoms. The van der Waals surface area contributed by atoms with Crippen LogP contribution >= 0.6 is 23.2 Å². The van der Waals surface area contributed by atoms with Crippen LogP contribution in [-0.2, 0) is 10.3 Å². The van der Waals surface area contributed by atoms with Gasteiger partial charge in [0.25, 0.3) is 0 Å². The molecule has 28 heavy (non-hydrogen) atoms. The number of nitrogens with one attached hydrogen (secondary N) is 1. The number of amides is 1. The quantitative estimate of drug-likeness (QED) is 0.658. The zero-order valence-electron chi connectivity index (χ0n) is 15.8. The number of halogens is 2. The van der Waals surface area contributed by atoms with E-state index in [2.05, 4.69) is 20.3 Å². The van der Waals surface area contributed by atoms with Crippen LogP contribution in [0.3, 0.4) is 0 Å². The molecule has 0 aromatic carbocycles. The lowest BCUT2D eigenvalue weighted by Crippen LogP contribution is -2.57. The van der Waals surface area contributed by atoms with Crippen molar-refractivity contribution in [2.45, 2.75) is 26.3 Å². The number of carbonyl (C=O) groups excluding carboxylic acids is 1. The lowest BCUT2D eigenvalue weighted by atomic mass is 9.95. The van der Waals surface area contributed by atoms with Gasteiger partial charge in [0.2, 0.25) is 11.2 Å². The van der Waals surface area contributed by atoms with Gasteiger partial charge in [-0.25, -0.2) is 9.97 Å². The van der Waals surface area contributed by atoms with Crippen molar-refractivity contribution in [3.8, 4) is 0 Å². The molecule has 146 valence electrons. The van der Waals surface area contributed by atoms with Gasteiger partial charge in [0, 0.05) is 19.3 Å². The number of aryl methyl sites for hydroxylation is 1. The fraction of sp³-hybridized carbons (Fsp3) is 0.368. The molecule has 1 aliphatic heterocycles. The summed E-state index contributed by atoms with van der Waals surface area (Å²) >= 11 is 12.0. The van der Waals surface area contributed by atoms with Gasteiger partial charge in [0.05, 0.1) is 29.5 Å². The van der Waals surface area contributed by atoms with Gasteiger partial charge in [-0.15, -0.1) is 0 Å². The van der Waals surface area contributed by atoms with Crippen molar-refractivity contribution < 1.29 is 4.79 Å². The highest BCUT2D eigenvalue weighted by Crippen LogP contribution is 2.31. The average Bonchev–Trinajstić information content (AvgIpc) is 3.00. The SMILES string of the molecule is Cc1ccc2ncc(C(C)(C)NC(=O)C3CN(c4nc(Cl)ncc4Cl)C3)n2c1. The molecule has 9 heteroatoms. The summed E-state index contributed by atoms with van der Waals surface area (Å²) in [6.45, 7) is 7.05. The lowest BCUT2D eigenvalue weighted by molar-refractivity contribution is -0.127. The highest BCUT2D eigenvalue weighted by Gasteiger charge is 2.37. The minimum Gasteiger partial charge on any atom is -0.353 e. The van der Waals surface area contributed by atoms with E-state index in [0.717, 1.165) is 16.9 Å². The minimum absolute atomic E-state index is 0.0138. The Morgan fingerprint density at radius 2 is 1.96 bits per heavy atom. The number of carbonyl (C=O) groups is 1. The molecule has 1 saturated heterocycles. The summed E-state index contributed by atoms with van der Waals surface area (Å²) < 4.78 is 2.02. The van der Waals surface area contributed by atoms with Crippen molar-refractivity contribution in [2.24, 2.45) is 5.92 Å². The molecule has 4 heterocycles. The lowest BCUT2D eigenvalue weighted by Gasteiger charge is -2.40. The molecule has 0 radical (unpaired) electrons. The van der Waals surface area contributed by atoms with E-state index in [1.165, 1.54) is 6.20 Å². The summed E-state index contributed by atoms with van der Waals surface area (Å²) in [6.07, 6.45) is 5.30. The fourth-order valence-corrected chi connectivity index (χ4v) is 3.74. The van der Waals surface area contributed by atoms with Crippen LogP contribution in [0.1, 0.15) is 25.1 Å². The van der Waals surface area contributed by atoms with E-state index < -0.39 is 5.54 Å². The average molecular weight is 419 g/mol. The molecule has 1 aliphatic rings. The van der Waals surface area contributed by atoms with E-state index in [9.17, 15) is 4.79 Å². The first-order valence-corrected chi connectivity index (χ1v) is 9.69. The Morgan fingerprint density at radius 1 is 1.21 bits per heavy atom. The Kier molecular flexibility index (Phi) is 4.67. The predicted octanol–water partition coefficient (Wildman–Crippen LogP) is 3.23. The summed E-state index contributed by atoms with van der Waals surface area (Å²) in [5.74, 6) is 0.396. The maximum atomic E-state index is 12.8. The van der Waals surface area contributed by atoms with E-state index in [4.69, 9.17) is 23.2 Å². The summed E-state index contributed by atoms with van der Waals surface area (Å²) in [6, 6.07) is 3.99. The third-order valence-electron chi connectivity index (χ3n) is 4.98. The first-order chi connectivity index (χ1) is 13.2. The van der Waals surface area contributed by atoms with Crippen LogP contribution in [0.2, 0.25) is 10.3 Å². The normalized spacial score (nSPS) is 15.0. The Bertz CT molecular complexity index is 1060. The summed E-state index contributed by atoms with van der Waals surface area (Å²) in [5, 5.41) is 3.71. The molecule has 4 rings (SSSR count). The van der Waals surface area contributed by atoms with Gasteiger partial charge >= 0.3 is 0 Å². The number of hydrogen-bond donors (Lipinski definition) is 1. The van der Waals surface area contributed by atoms with Gasteiger partial charge < -0.3 is 14.6 Å². The summed E-state index contributed by atoms with van der Waals surface area (Å²) in [7, 11) is 0. The number of hydrogen-bond acceptors (Lipinski definition) is 5. The summed E-state index contributed by atoms with van der Waals surface area (Å²) in [5.41, 5.74) is 2.35. The highest BCUT2D eigenvalue weighted by molar-refractivity contribution is 6.33. The van der Waals surface area contributed by atoms with E-state index in [1.54, 1.807) is 0 Å². The van der Waals surface area contributed by atoms with Gasteiger partial charge in [-0.3, -0.25) is 4.79 Å². The molecule has 0 aliphatic carbocycles. The van der Waals surface area contributed by atoms with E-state index in [0.29, 0.717) is 23.9 Å². The van der Waals surface area contributed by atoms with Crippen molar-refractivity contribution in [3.05, 3.63) is 52.3 Å². The van der Waals surface area contributed by atoms with Gasteiger partial charge in [0.1, 0.15) is 10.7 Å². The smallest absolute Gasteiger partial charge is 0.227 e. The van der Waals surface area contributed by atoms with Crippen molar-refractivity contribution in [1.82, 2.24) is 24.7 Å². The third-order valence-corrected chi connectivity index (χ3v) is 5.43. The van der Waals surface area contributed by atoms with Crippen molar-refractivity contribution in [1.29, 1.82) is 0 Å². The first-order valence-electron chi connectivity index (χ1n) is 8.94. The van der Waals surface area contributed by atoms with Crippen molar-refractivity contribution >= 4 is 40.6 Å². The number of fused-ring (bicyclic) bond motifs is 1. The molecule has 1 N–H and O–H groups in total. The van der Waals surface area contributed by atoms with Crippen LogP contribution in [0.4, 0.5) is 5.82 Å². The second-order valence-corrected chi connectivity index (χ2v) is 8.35. The van der Waals surface area contributed by atoms with Crippen LogP contribution in [0.25, 0.3) is 5.65 Å². The fourth-order valence-electron chi connectivity index (χ4n) is 3.40. The van der Waals surface area contributed by atoms with Crippen LogP contribution in [0.15, 0.2) is 30.7 Å². The Hall–Kier alpha value is -2.38. The number of nitrogens with zero attached hydrogens (tertiary/aromatic N) is 5. The van der Waals surface area contributed by atoms with Crippen LogP contribution in [-0.4, -0.2) is 38.3 Å². The molecule has 7 nitrogen and oxygen atoms in total. The number of pyridine rings is 1. The minimum atomic E-state index is -0.569. The number of imidazole rings is 1. The van der Waals surface area contributed by atoms with Crippen LogP contribution in [0.5, 0.6) is 0 Å². The topological polar surface area (TPSA) is 75.4 Å². The number of anilines is 1. The van der Waals surface area contributed by atoms with Gasteiger partial charge in [-0.2, -0.15) is 4.98 Å². The molecular formula is C19H20Cl2N6O. The van der Waals surface area contributed by atoms with Gasteiger partial charge in [-0.1, -0.05) is 17.7 Å². The standard InChI is InChI=1S/C19H20Cl2N6O/c1-11-4-5-15-22-7-14(27(15)8-11)19(2,3)25-17(28)12-9-26(10-12)16-13(20)6-23-18(21)24-16/h4-8,12H,9-10H2,1-3H3,(H,25,28). The van der Waals surface area contributed by atoms with Gasteiger partial charge in [-0.05, 0) is 44.0 Å². The monoisotopic (exact) mass is 418 g/mol. The molecule has 1 fully saturated rings. The first kappa shape index (κ1) is 19.0. The molecule has 3 aromatic heterocycles. The zero-order valence-corrected chi connectivity index (χ0v) is 17.3. The number of rotatable bonds is 4. The largest absolute Gasteiger partial charge is 0.353 e. The van der Waals surface area contributed by atoms with Crippen LogP contribution in [0, 0.1) is 12.8 Å². The van der Waals surface area contributed by atoms with E-state index >= 15 is 0 Å². The third kappa shape index (κ3) is 3.40. The molecule has 0 spiro atoms. The molecular weight excluding hydrogens is 399 g/mol. The Labute approximate surface area is 172 Å². The second kappa shape index (κ2) is 6.90. The molecule has 1 amide bonds. The second-order valence-electron chi connectivity index (χ2n) is 7.60. The highest BCUT2D eigenvalue weighted by atomic mass is 35.5. The Morgan fingerprint density at radius 3 is 2.71 bits per heavy atom. The predicted molar refractivity (Wildman–Crippen MR) is 109 cm³/mol. The number of aromatic nitrogens is 4. The van der Waals surface area contributed by atoms with E-state index in [1.807, 2.05) is 54.6 Å². The van der Waals surface area contributed by atoms with Crippen LogP contribution < -0.4 is 10.2 Å². The zero-order chi connectivity index (χ0) is 20.1. The maximum absolute atomic E-state index is 12.8. The molecule has 0 unspecified atom stereocenters. The molecule has 0 atom stereocenters. The summed E-state index contributed by atoms with van der Waals surface area (Å²) in [4.78, 5) is 27.2. The van der Waals surface area contributed by atoms with Crippen molar-refractivity contribution in [3.63, 3.8) is 0 Å². The Balaban J connectivity index is 1.46. The maximum Gasteiger partial charge on any atom is 0.227 e. The van der Waals surface area contributed by atoms with E-state index in [-0.39, 0.29) is 17.1 Å². The van der Waals surface area contributed by atoms with Crippen molar-refractivity contribution in [2.75, 3.05) is 18.0 Å².